The van der Waals surface area contributed by atoms with Gasteiger partial charge in [0.25, 0.3) is 0 Å². The lowest BCUT2D eigenvalue weighted by Crippen LogP contribution is -2.29. The van der Waals surface area contributed by atoms with Crippen LogP contribution in [0.15, 0.2) is 0 Å². The van der Waals surface area contributed by atoms with Crippen LogP contribution in [0.1, 0.15) is 39.0 Å². The van der Waals surface area contributed by atoms with Crippen molar-refractivity contribution < 1.29 is 24.9 Å². The number of aliphatic hydroxyl groups is 1. The SMILES string of the molecule is CCCCC(=O)O.NC(CCCO)C(=O)O. The van der Waals surface area contributed by atoms with E-state index >= 15 is 0 Å². The Kier molecular flexibility index (Phi) is 12.9. The molecule has 1 atom stereocenters. The molecule has 0 aliphatic carbocycles. The van der Waals surface area contributed by atoms with Gasteiger partial charge in [0.2, 0.25) is 0 Å². The molecular weight excluding hydrogens is 214 g/mol. The fourth-order valence-electron chi connectivity index (χ4n) is 0.763. The molecule has 96 valence electrons. The molecule has 0 saturated carbocycles. The van der Waals surface area contributed by atoms with Crippen LogP contribution in [0.5, 0.6) is 0 Å². The van der Waals surface area contributed by atoms with Gasteiger partial charge in [0, 0.05) is 13.0 Å². The zero-order chi connectivity index (χ0) is 13.0. The number of aliphatic hydroxyl groups excluding tert-OH is 1. The second kappa shape index (κ2) is 11.9. The van der Waals surface area contributed by atoms with E-state index in [1.165, 1.54) is 0 Å². The van der Waals surface area contributed by atoms with E-state index in [0.29, 0.717) is 19.3 Å². The minimum atomic E-state index is -1.01. The number of hydrogen-bond donors (Lipinski definition) is 4. The molecule has 0 spiro atoms. The molecule has 0 aliphatic rings. The molecule has 5 N–H and O–H groups in total. The number of unbranched alkanes of at least 4 members (excludes halogenated alkanes) is 1. The summed E-state index contributed by atoms with van der Waals surface area (Å²) in [7, 11) is 0. The molecule has 0 aromatic heterocycles. The third-order valence-corrected chi connectivity index (χ3v) is 1.73. The lowest BCUT2D eigenvalue weighted by molar-refractivity contribution is -0.139. The highest BCUT2D eigenvalue weighted by Crippen LogP contribution is 1.92. The van der Waals surface area contributed by atoms with Gasteiger partial charge >= 0.3 is 11.9 Å². The normalized spacial score (nSPS) is 11.2. The number of hydrogen-bond acceptors (Lipinski definition) is 4. The van der Waals surface area contributed by atoms with Gasteiger partial charge in [0.05, 0.1) is 0 Å². The number of carbonyl (C=O) groups is 2. The van der Waals surface area contributed by atoms with Gasteiger partial charge in [0.15, 0.2) is 0 Å². The second-order valence-corrected chi connectivity index (χ2v) is 3.31. The van der Waals surface area contributed by atoms with Crippen LogP contribution in [0.3, 0.4) is 0 Å². The molecule has 0 rings (SSSR count). The summed E-state index contributed by atoms with van der Waals surface area (Å²) in [5.41, 5.74) is 5.09. The topological polar surface area (TPSA) is 121 Å². The third-order valence-electron chi connectivity index (χ3n) is 1.73. The molecule has 6 heteroatoms. The Balaban J connectivity index is 0. The highest BCUT2D eigenvalue weighted by molar-refractivity contribution is 5.72. The van der Waals surface area contributed by atoms with Crippen molar-refractivity contribution in [3.05, 3.63) is 0 Å². The Bertz CT molecular complexity index is 196. The van der Waals surface area contributed by atoms with Crippen molar-refractivity contribution in [2.45, 2.75) is 45.1 Å². The van der Waals surface area contributed by atoms with Crippen LogP contribution in [0, 0.1) is 0 Å². The monoisotopic (exact) mass is 235 g/mol. The van der Waals surface area contributed by atoms with Gasteiger partial charge in [0.1, 0.15) is 6.04 Å². The number of carboxylic acid groups (broad SMARTS) is 2. The number of nitrogens with two attached hydrogens (primary N) is 1. The second-order valence-electron chi connectivity index (χ2n) is 3.31. The first-order valence-electron chi connectivity index (χ1n) is 5.26. The lowest BCUT2D eigenvalue weighted by atomic mass is 10.2. The van der Waals surface area contributed by atoms with Gasteiger partial charge in [-0.15, -0.1) is 0 Å². The van der Waals surface area contributed by atoms with E-state index in [1.807, 2.05) is 6.92 Å². The van der Waals surface area contributed by atoms with Crippen LogP contribution < -0.4 is 5.73 Å². The maximum atomic E-state index is 10.00. The van der Waals surface area contributed by atoms with Gasteiger partial charge in [-0.1, -0.05) is 13.3 Å². The summed E-state index contributed by atoms with van der Waals surface area (Å²) in [5.74, 6) is -1.70. The van der Waals surface area contributed by atoms with Crippen molar-refractivity contribution in [3.8, 4) is 0 Å². The number of rotatable bonds is 7. The minimum absolute atomic E-state index is 0.000972. The van der Waals surface area contributed by atoms with E-state index in [4.69, 9.17) is 21.1 Å². The van der Waals surface area contributed by atoms with Crippen LogP contribution >= 0.6 is 0 Å². The summed E-state index contributed by atoms with van der Waals surface area (Å²) in [6, 6.07) is -0.822. The predicted octanol–water partition coefficient (Wildman–Crippen LogP) is 0.432. The average Bonchev–Trinajstić information content (AvgIpc) is 2.23. The largest absolute Gasteiger partial charge is 0.481 e. The van der Waals surface area contributed by atoms with Gasteiger partial charge < -0.3 is 21.1 Å². The molecule has 0 fully saturated rings. The number of carboxylic acids is 2. The first-order chi connectivity index (χ1) is 7.45. The Labute approximate surface area is 95.1 Å². The standard InChI is InChI=1S/C5H11NO3.C5H10O2/c6-4(5(8)9)2-1-3-7;1-2-3-4-5(6)7/h4,7H,1-3,6H2,(H,8,9);2-4H2,1H3,(H,6,7). The Morgan fingerprint density at radius 3 is 2.06 bits per heavy atom. The first-order valence-corrected chi connectivity index (χ1v) is 5.26. The molecule has 0 saturated heterocycles. The van der Waals surface area contributed by atoms with E-state index in [-0.39, 0.29) is 6.61 Å². The Hall–Kier alpha value is -1.14. The summed E-state index contributed by atoms with van der Waals surface area (Å²) >= 11 is 0. The van der Waals surface area contributed by atoms with Crippen LogP contribution in [-0.2, 0) is 9.59 Å². The summed E-state index contributed by atoms with van der Waals surface area (Å²) in [6.45, 7) is 1.98. The lowest BCUT2D eigenvalue weighted by Gasteiger charge is -2.02. The van der Waals surface area contributed by atoms with Gasteiger partial charge in [-0.2, -0.15) is 0 Å². The fourth-order valence-corrected chi connectivity index (χ4v) is 0.763. The van der Waals surface area contributed by atoms with Crippen molar-refractivity contribution in [1.29, 1.82) is 0 Å². The summed E-state index contributed by atoms with van der Waals surface area (Å²) in [5, 5.41) is 24.5. The number of aliphatic carboxylic acids is 2. The van der Waals surface area contributed by atoms with Crippen molar-refractivity contribution >= 4 is 11.9 Å². The van der Waals surface area contributed by atoms with Crippen LogP contribution in [0.2, 0.25) is 0 Å². The Morgan fingerprint density at radius 2 is 1.81 bits per heavy atom. The quantitative estimate of drug-likeness (QED) is 0.508. The van der Waals surface area contributed by atoms with E-state index in [2.05, 4.69) is 0 Å². The van der Waals surface area contributed by atoms with Crippen LogP contribution in [0.25, 0.3) is 0 Å². The van der Waals surface area contributed by atoms with Crippen molar-refractivity contribution in [1.82, 2.24) is 0 Å². The van der Waals surface area contributed by atoms with Crippen LogP contribution in [-0.4, -0.2) is 39.9 Å². The van der Waals surface area contributed by atoms with Crippen molar-refractivity contribution in [3.63, 3.8) is 0 Å². The van der Waals surface area contributed by atoms with Crippen molar-refractivity contribution in [2.24, 2.45) is 5.73 Å². The third kappa shape index (κ3) is 15.3. The molecule has 0 aliphatic heterocycles. The minimum Gasteiger partial charge on any atom is -0.481 e. The molecule has 6 nitrogen and oxygen atoms in total. The molecule has 1 unspecified atom stereocenters. The maximum absolute atomic E-state index is 10.00. The molecule has 0 bridgehead atoms. The van der Waals surface area contributed by atoms with Crippen molar-refractivity contribution in [2.75, 3.05) is 6.61 Å². The maximum Gasteiger partial charge on any atom is 0.320 e. The first kappa shape index (κ1) is 17.3. The average molecular weight is 235 g/mol. The van der Waals surface area contributed by atoms with E-state index < -0.39 is 18.0 Å². The predicted molar refractivity (Wildman–Crippen MR) is 59.1 cm³/mol. The fraction of sp³-hybridized carbons (Fsp3) is 0.800. The molecule has 0 radical (unpaired) electrons. The molecular formula is C10H21NO5. The summed E-state index contributed by atoms with van der Waals surface area (Å²) in [4.78, 5) is 19.8. The van der Waals surface area contributed by atoms with E-state index in [0.717, 1.165) is 12.8 Å². The van der Waals surface area contributed by atoms with Gasteiger partial charge in [-0.25, -0.2) is 0 Å². The summed E-state index contributed by atoms with van der Waals surface area (Å²) in [6.07, 6.45) is 2.87. The van der Waals surface area contributed by atoms with Gasteiger partial charge in [-0.3, -0.25) is 9.59 Å². The zero-order valence-electron chi connectivity index (χ0n) is 9.56. The van der Waals surface area contributed by atoms with E-state index in [9.17, 15) is 9.59 Å². The molecule has 0 aromatic rings. The highest BCUT2D eigenvalue weighted by Gasteiger charge is 2.08. The Morgan fingerprint density at radius 1 is 1.25 bits per heavy atom. The molecule has 0 amide bonds. The molecule has 0 aromatic carbocycles. The molecule has 0 heterocycles. The zero-order valence-corrected chi connectivity index (χ0v) is 9.56. The van der Waals surface area contributed by atoms with E-state index in [1.54, 1.807) is 0 Å². The molecule has 16 heavy (non-hydrogen) atoms. The smallest absolute Gasteiger partial charge is 0.320 e. The van der Waals surface area contributed by atoms with Gasteiger partial charge in [-0.05, 0) is 19.3 Å². The summed E-state index contributed by atoms with van der Waals surface area (Å²) < 4.78 is 0. The highest BCUT2D eigenvalue weighted by atomic mass is 16.4. The van der Waals surface area contributed by atoms with Crippen LogP contribution in [0.4, 0.5) is 0 Å².